The zero-order chi connectivity index (χ0) is 18.2. The Morgan fingerprint density at radius 1 is 1.12 bits per heavy atom. The molecule has 1 N–H and O–H groups in total. The van der Waals surface area contributed by atoms with Crippen LogP contribution in [0.25, 0.3) is 0 Å². The Morgan fingerprint density at radius 2 is 1.81 bits per heavy atom. The van der Waals surface area contributed by atoms with E-state index >= 15 is 0 Å². The van der Waals surface area contributed by atoms with Crippen LogP contribution in [0.5, 0.6) is 0 Å². The Balaban J connectivity index is 1.79. The molecule has 4 heteroatoms. The van der Waals surface area contributed by atoms with Crippen LogP contribution in [-0.4, -0.2) is 11.7 Å². The number of nitrogens with zero attached hydrogens (tertiary/aromatic N) is 1. The van der Waals surface area contributed by atoms with Crippen LogP contribution in [0.1, 0.15) is 43.6 Å². The topological polar surface area (TPSA) is 52.9 Å². The maximum atomic E-state index is 13.2. The minimum absolute atomic E-state index is 0.0800. The summed E-state index contributed by atoms with van der Waals surface area (Å²) in [4.78, 5) is 14.2. The third-order valence-corrected chi connectivity index (χ3v) is 6.00. The van der Waals surface area contributed by atoms with Crippen molar-refractivity contribution in [1.29, 1.82) is 5.26 Å². The summed E-state index contributed by atoms with van der Waals surface area (Å²) in [5.41, 5.74) is 1.95. The minimum Gasteiger partial charge on any atom is -0.325 e. The van der Waals surface area contributed by atoms with Crippen molar-refractivity contribution in [1.82, 2.24) is 0 Å². The van der Waals surface area contributed by atoms with Crippen molar-refractivity contribution in [2.45, 2.75) is 42.9 Å². The lowest BCUT2D eigenvalue weighted by atomic mass is 9.84. The molecule has 0 aliphatic heterocycles. The molecule has 1 fully saturated rings. The monoisotopic (exact) mass is 364 g/mol. The molecule has 0 heterocycles. The average molecular weight is 365 g/mol. The molecule has 0 bridgehead atoms. The predicted octanol–water partition coefficient (Wildman–Crippen LogP) is 5.60. The Hall–Kier alpha value is -2.25. The van der Waals surface area contributed by atoms with E-state index in [1.165, 1.54) is 12.8 Å². The van der Waals surface area contributed by atoms with Crippen molar-refractivity contribution < 1.29 is 4.79 Å². The minimum atomic E-state index is -0.101. The van der Waals surface area contributed by atoms with Gasteiger partial charge in [0.2, 0.25) is 5.91 Å². The third-order valence-electron chi connectivity index (χ3n) is 4.93. The van der Waals surface area contributed by atoms with Crippen molar-refractivity contribution in [2.75, 3.05) is 11.1 Å². The number of anilines is 1. The van der Waals surface area contributed by atoms with Crippen molar-refractivity contribution in [3.05, 3.63) is 60.2 Å². The summed E-state index contributed by atoms with van der Waals surface area (Å²) in [5, 5.41) is 11.9. The molecule has 1 aliphatic carbocycles. The van der Waals surface area contributed by atoms with Crippen molar-refractivity contribution in [2.24, 2.45) is 5.92 Å². The Kier molecular flexibility index (Phi) is 6.74. The van der Waals surface area contributed by atoms with Gasteiger partial charge in [-0.1, -0.05) is 55.3 Å². The number of carbonyl (C=O) groups excluding carboxylic acids is 1. The normalized spacial score (nSPS) is 15.3. The van der Waals surface area contributed by atoms with Crippen molar-refractivity contribution in [3.8, 4) is 6.07 Å². The molecule has 3 rings (SSSR count). The first-order valence-corrected chi connectivity index (χ1v) is 10.2. The zero-order valence-electron chi connectivity index (χ0n) is 14.9. The van der Waals surface area contributed by atoms with E-state index in [9.17, 15) is 4.79 Å². The van der Waals surface area contributed by atoms with Gasteiger partial charge in [0.1, 0.15) is 0 Å². The van der Waals surface area contributed by atoms with Gasteiger partial charge in [-0.3, -0.25) is 4.79 Å². The van der Waals surface area contributed by atoms with Gasteiger partial charge in [0.05, 0.1) is 17.7 Å². The molecule has 1 saturated carbocycles. The maximum absolute atomic E-state index is 13.2. The van der Waals surface area contributed by atoms with E-state index in [1.807, 2.05) is 42.5 Å². The van der Waals surface area contributed by atoms with E-state index < -0.39 is 0 Å². The van der Waals surface area contributed by atoms with Gasteiger partial charge < -0.3 is 5.32 Å². The van der Waals surface area contributed by atoms with Gasteiger partial charge >= 0.3 is 0 Å². The van der Waals surface area contributed by atoms with Gasteiger partial charge in [0.15, 0.2) is 0 Å². The first-order chi connectivity index (χ1) is 12.8. The van der Waals surface area contributed by atoms with E-state index in [0.29, 0.717) is 12.3 Å². The number of amides is 1. The largest absolute Gasteiger partial charge is 0.325 e. The molecule has 1 aliphatic rings. The highest BCUT2D eigenvalue weighted by Crippen LogP contribution is 2.38. The van der Waals surface area contributed by atoms with Crippen molar-refractivity contribution >= 4 is 23.4 Å². The summed E-state index contributed by atoms with van der Waals surface area (Å²) in [6.07, 6.45) is 5.16. The summed E-state index contributed by atoms with van der Waals surface area (Å²) in [6, 6.07) is 20.2. The van der Waals surface area contributed by atoms with Crippen LogP contribution in [0, 0.1) is 17.2 Å². The Morgan fingerprint density at radius 3 is 2.54 bits per heavy atom. The molecule has 1 atom stereocenters. The number of thioether (sulfide) groups is 1. The van der Waals surface area contributed by atoms with Crippen LogP contribution in [0.3, 0.4) is 0 Å². The number of hydrogen-bond donors (Lipinski definition) is 1. The highest BCUT2D eigenvalue weighted by Gasteiger charge is 2.32. The highest BCUT2D eigenvalue weighted by molar-refractivity contribution is 7.99. The smallest absolute Gasteiger partial charge is 0.232 e. The van der Waals surface area contributed by atoms with E-state index in [2.05, 4.69) is 23.5 Å². The lowest BCUT2D eigenvalue weighted by Gasteiger charge is -2.24. The van der Waals surface area contributed by atoms with E-state index in [0.717, 1.165) is 34.7 Å². The molecule has 1 amide bonds. The lowest BCUT2D eigenvalue weighted by Crippen LogP contribution is -2.26. The second kappa shape index (κ2) is 9.45. The molecule has 0 saturated heterocycles. The maximum Gasteiger partial charge on any atom is 0.232 e. The van der Waals surface area contributed by atoms with Gasteiger partial charge in [0.25, 0.3) is 0 Å². The zero-order valence-corrected chi connectivity index (χ0v) is 15.7. The first-order valence-electron chi connectivity index (χ1n) is 9.24. The Labute approximate surface area is 159 Å². The number of benzene rings is 2. The molecular formula is C22H24N2OS. The standard InChI is InChI=1S/C22H24N2OS/c23-15-8-16-26-20-14-7-6-13-19(20)24-22(25)21(18-11-4-5-12-18)17-9-2-1-3-10-17/h1-3,6-7,9-10,13-14,18,21H,4-5,8,11-12,16H2,(H,24,25). The van der Waals surface area contributed by atoms with E-state index in [4.69, 9.17) is 5.26 Å². The lowest BCUT2D eigenvalue weighted by molar-refractivity contribution is -0.118. The second-order valence-electron chi connectivity index (χ2n) is 6.67. The fourth-order valence-corrected chi connectivity index (χ4v) is 4.56. The summed E-state index contributed by atoms with van der Waals surface area (Å²) < 4.78 is 0. The highest BCUT2D eigenvalue weighted by atomic mass is 32.2. The molecule has 134 valence electrons. The van der Waals surface area contributed by atoms with Crippen molar-refractivity contribution in [3.63, 3.8) is 0 Å². The molecule has 26 heavy (non-hydrogen) atoms. The second-order valence-corrected chi connectivity index (χ2v) is 7.81. The van der Waals surface area contributed by atoms with Crippen LogP contribution < -0.4 is 5.32 Å². The SMILES string of the molecule is N#CCCSc1ccccc1NC(=O)C(c1ccccc1)C1CCCC1. The summed E-state index contributed by atoms with van der Waals surface area (Å²) in [6.45, 7) is 0. The molecule has 0 radical (unpaired) electrons. The number of nitrogens with one attached hydrogen (secondary N) is 1. The quantitative estimate of drug-likeness (QED) is 0.513. The first kappa shape index (κ1) is 18.5. The van der Waals surface area contributed by atoms with Gasteiger partial charge in [-0.05, 0) is 36.5 Å². The van der Waals surface area contributed by atoms with Gasteiger partial charge in [0, 0.05) is 17.1 Å². The van der Waals surface area contributed by atoms with Gasteiger partial charge in [-0.2, -0.15) is 5.26 Å². The molecule has 3 nitrogen and oxygen atoms in total. The van der Waals surface area contributed by atoms with Crippen LogP contribution in [0.15, 0.2) is 59.5 Å². The van der Waals surface area contributed by atoms with Gasteiger partial charge in [-0.25, -0.2) is 0 Å². The summed E-state index contributed by atoms with van der Waals surface area (Å²) in [7, 11) is 0. The predicted molar refractivity (Wildman–Crippen MR) is 107 cm³/mol. The molecule has 0 aromatic heterocycles. The van der Waals surface area contributed by atoms with Crippen LogP contribution in [0.4, 0.5) is 5.69 Å². The number of carbonyl (C=O) groups is 1. The average Bonchev–Trinajstić information content (AvgIpc) is 3.18. The number of hydrogen-bond acceptors (Lipinski definition) is 3. The fraction of sp³-hybridized carbons (Fsp3) is 0.364. The number of para-hydroxylation sites is 1. The molecule has 0 spiro atoms. The van der Waals surface area contributed by atoms with E-state index in [-0.39, 0.29) is 11.8 Å². The Bertz CT molecular complexity index is 763. The number of nitriles is 1. The number of rotatable bonds is 7. The summed E-state index contributed by atoms with van der Waals surface area (Å²) >= 11 is 1.62. The van der Waals surface area contributed by atoms with Gasteiger partial charge in [-0.15, -0.1) is 11.8 Å². The fourth-order valence-electron chi connectivity index (χ4n) is 3.70. The van der Waals surface area contributed by atoms with Crippen LogP contribution in [0.2, 0.25) is 0 Å². The molecule has 2 aromatic rings. The molecule has 2 aromatic carbocycles. The third kappa shape index (κ3) is 4.68. The summed E-state index contributed by atoms with van der Waals surface area (Å²) in [5.74, 6) is 1.12. The van der Waals surface area contributed by atoms with Crippen LogP contribution >= 0.6 is 11.8 Å². The van der Waals surface area contributed by atoms with E-state index in [1.54, 1.807) is 11.8 Å². The molecule has 1 unspecified atom stereocenters. The molecular weight excluding hydrogens is 340 g/mol. The van der Waals surface area contributed by atoms with Crippen LogP contribution in [-0.2, 0) is 4.79 Å².